The molecule has 1 aromatic carbocycles. The number of hydrogen-bond donors (Lipinski definition) is 1. The van der Waals surface area contributed by atoms with E-state index in [4.69, 9.17) is 5.41 Å². The molecule has 1 N–H and O–H groups in total. The summed E-state index contributed by atoms with van der Waals surface area (Å²) in [7, 11) is 3.48. The normalized spacial score (nSPS) is 11.9. The van der Waals surface area contributed by atoms with Crippen molar-refractivity contribution in [1.29, 1.82) is 5.41 Å². The van der Waals surface area contributed by atoms with Gasteiger partial charge in [0.2, 0.25) is 0 Å². The molecule has 0 aliphatic heterocycles. The minimum atomic E-state index is -0.398. The lowest BCUT2D eigenvalue weighted by molar-refractivity contribution is 0.616. The molecule has 0 saturated carbocycles. The fourth-order valence-electron chi connectivity index (χ4n) is 3.06. The molecule has 0 aliphatic carbocycles. The quantitative estimate of drug-likeness (QED) is 0.441. The zero-order chi connectivity index (χ0) is 19.7. The summed E-state index contributed by atoms with van der Waals surface area (Å²) < 4.78 is 17.7. The van der Waals surface area contributed by atoms with Crippen LogP contribution in [0.3, 0.4) is 0 Å². The van der Waals surface area contributed by atoms with Gasteiger partial charge in [0.05, 0.1) is 11.7 Å². The highest BCUT2D eigenvalue weighted by atomic mass is 19.1. The highest BCUT2D eigenvalue weighted by molar-refractivity contribution is 5.87. The van der Waals surface area contributed by atoms with E-state index in [2.05, 4.69) is 20.2 Å². The molecule has 140 valence electrons. The molecule has 4 aromatic rings. The number of nitrogens with one attached hydrogen (secondary N) is 1. The Bertz CT molecular complexity index is 1250. The molecule has 3 aromatic heterocycles. The van der Waals surface area contributed by atoms with Gasteiger partial charge in [-0.05, 0) is 29.8 Å². The van der Waals surface area contributed by atoms with Gasteiger partial charge in [-0.15, -0.1) is 0 Å². The maximum absolute atomic E-state index is 14.6. The summed E-state index contributed by atoms with van der Waals surface area (Å²) in [6.07, 6.45) is 7.03. The van der Waals surface area contributed by atoms with Gasteiger partial charge < -0.3 is 0 Å². The fraction of sp³-hybridized carbons (Fsp3) is 0.150. The van der Waals surface area contributed by atoms with Crippen molar-refractivity contribution in [3.05, 3.63) is 72.0 Å². The van der Waals surface area contributed by atoms with Gasteiger partial charge in [-0.25, -0.2) is 9.07 Å². The Morgan fingerprint density at radius 2 is 2.04 bits per heavy atom. The number of halogens is 1. The molecule has 0 amide bonds. The third-order valence-corrected chi connectivity index (χ3v) is 4.46. The first-order valence-electron chi connectivity index (χ1n) is 8.67. The summed E-state index contributed by atoms with van der Waals surface area (Å²) in [5.41, 5.74) is 3.35. The van der Waals surface area contributed by atoms with Gasteiger partial charge in [-0.1, -0.05) is 0 Å². The van der Waals surface area contributed by atoms with Crippen LogP contribution in [-0.4, -0.2) is 37.4 Å². The number of aromatic nitrogens is 5. The van der Waals surface area contributed by atoms with Gasteiger partial charge in [0, 0.05) is 61.7 Å². The average molecular weight is 375 g/mol. The van der Waals surface area contributed by atoms with Gasteiger partial charge in [-0.3, -0.25) is 20.1 Å². The summed E-state index contributed by atoms with van der Waals surface area (Å²) in [6, 6.07) is 8.58. The van der Waals surface area contributed by atoms with Crippen molar-refractivity contribution in [2.75, 3.05) is 7.05 Å². The van der Waals surface area contributed by atoms with Crippen LogP contribution in [0.1, 0.15) is 5.56 Å². The Labute approximate surface area is 160 Å². The van der Waals surface area contributed by atoms with E-state index in [0.717, 1.165) is 16.5 Å². The second kappa shape index (κ2) is 7.15. The van der Waals surface area contributed by atoms with Crippen molar-refractivity contribution in [1.82, 2.24) is 24.5 Å². The van der Waals surface area contributed by atoms with Crippen LogP contribution in [0.25, 0.3) is 22.0 Å². The Hall–Kier alpha value is -3.68. The molecule has 0 spiro atoms. The second-order valence-corrected chi connectivity index (χ2v) is 6.40. The van der Waals surface area contributed by atoms with Crippen molar-refractivity contribution >= 4 is 16.7 Å². The van der Waals surface area contributed by atoms with E-state index in [1.165, 1.54) is 10.7 Å². The van der Waals surface area contributed by atoms with Crippen LogP contribution in [-0.2, 0) is 13.5 Å². The highest BCUT2D eigenvalue weighted by Gasteiger charge is 2.12. The molecule has 0 saturated heterocycles. The summed E-state index contributed by atoms with van der Waals surface area (Å²) in [6.45, 7) is 0. The molecule has 4 rings (SSSR count). The van der Waals surface area contributed by atoms with Crippen LogP contribution in [0.4, 0.5) is 4.39 Å². The molecular formula is C20H18FN7. The van der Waals surface area contributed by atoms with E-state index < -0.39 is 5.82 Å². The number of benzene rings is 1. The number of fused-ring (bicyclic) bond motifs is 1. The van der Waals surface area contributed by atoms with Gasteiger partial charge >= 0.3 is 0 Å². The third kappa shape index (κ3) is 3.32. The predicted octanol–water partition coefficient (Wildman–Crippen LogP) is 2.57. The molecule has 0 aliphatic rings. The van der Waals surface area contributed by atoms with Crippen LogP contribution < -0.4 is 5.49 Å². The lowest BCUT2D eigenvalue weighted by atomic mass is 10.0. The first-order chi connectivity index (χ1) is 13.5. The third-order valence-electron chi connectivity index (χ3n) is 4.46. The van der Waals surface area contributed by atoms with Crippen LogP contribution in [0.2, 0.25) is 0 Å². The van der Waals surface area contributed by atoms with Crippen molar-refractivity contribution in [3.63, 3.8) is 0 Å². The Balaban J connectivity index is 1.72. The summed E-state index contributed by atoms with van der Waals surface area (Å²) in [4.78, 5) is 8.47. The van der Waals surface area contributed by atoms with E-state index >= 15 is 0 Å². The molecule has 8 heteroatoms. The summed E-state index contributed by atoms with van der Waals surface area (Å²) in [5.74, 6) is -0.263. The maximum atomic E-state index is 14.6. The highest BCUT2D eigenvalue weighted by Crippen LogP contribution is 2.24. The van der Waals surface area contributed by atoms with Crippen molar-refractivity contribution in [2.45, 2.75) is 6.42 Å². The fourth-order valence-corrected chi connectivity index (χ4v) is 3.06. The Morgan fingerprint density at radius 3 is 2.79 bits per heavy atom. The van der Waals surface area contributed by atoms with Crippen LogP contribution in [0.15, 0.2) is 60.1 Å². The molecular weight excluding hydrogens is 357 g/mol. The lowest BCUT2D eigenvalue weighted by Gasteiger charge is -2.10. The topological polar surface area (TPSA) is 84.7 Å². The lowest BCUT2D eigenvalue weighted by Crippen LogP contribution is -2.30. The van der Waals surface area contributed by atoms with Gasteiger partial charge in [0.15, 0.2) is 5.49 Å². The SMILES string of the molecule is C/N=c1/cccnn1C(=N)Cc1cc2cc(-c3cnn(C)c3)cnc2cc1F. The Kier molecular flexibility index (Phi) is 4.52. The largest absolute Gasteiger partial charge is 0.286 e. The maximum Gasteiger partial charge on any atom is 0.150 e. The van der Waals surface area contributed by atoms with Gasteiger partial charge in [-0.2, -0.15) is 10.2 Å². The zero-order valence-electron chi connectivity index (χ0n) is 15.5. The van der Waals surface area contributed by atoms with Crippen molar-refractivity contribution in [3.8, 4) is 11.1 Å². The molecule has 0 fully saturated rings. The molecule has 0 atom stereocenters. The van der Waals surface area contributed by atoms with E-state index in [-0.39, 0.29) is 12.3 Å². The van der Waals surface area contributed by atoms with E-state index in [1.54, 1.807) is 48.5 Å². The molecule has 3 heterocycles. The number of nitrogens with zero attached hydrogens (tertiary/aromatic N) is 6. The standard InChI is InChI=1S/C20H18FN7/c1-23-20-4-3-5-25-28(20)19(22)8-13-6-14-7-15(16-11-26-27(2)12-16)10-24-18(14)9-17(13)21/h3-7,9-12,22H,8H2,1-2H3/b22-19?,23-20-. The molecule has 0 unspecified atom stereocenters. The number of pyridine rings is 1. The first kappa shape index (κ1) is 17.7. The van der Waals surface area contributed by atoms with Crippen molar-refractivity contribution in [2.24, 2.45) is 12.0 Å². The number of hydrogen-bond acceptors (Lipinski definition) is 5. The summed E-state index contributed by atoms with van der Waals surface area (Å²) >= 11 is 0. The minimum Gasteiger partial charge on any atom is -0.286 e. The van der Waals surface area contributed by atoms with E-state index in [1.807, 2.05) is 19.3 Å². The smallest absolute Gasteiger partial charge is 0.150 e. The minimum absolute atomic E-state index is 0.0864. The van der Waals surface area contributed by atoms with Crippen LogP contribution in [0.5, 0.6) is 0 Å². The zero-order valence-corrected chi connectivity index (χ0v) is 15.5. The van der Waals surface area contributed by atoms with E-state index in [0.29, 0.717) is 16.6 Å². The first-order valence-corrected chi connectivity index (χ1v) is 8.67. The molecule has 0 radical (unpaired) electrons. The van der Waals surface area contributed by atoms with Crippen LogP contribution >= 0.6 is 0 Å². The van der Waals surface area contributed by atoms with E-state index in [9.17, 15) is 4.39 Å². The monoisotopic (exact) mass is 375 g/mol. The van der Waals surface area contributed by atoms with Gasteiger partial charge in [0.1, 0.15) is 11.7 Å². The molecule has 28 heavy (non-hydrogen) atoms. The summed E-state index contributed by atoms with van der Waals surface area (Å²) in [5, 5.41) is 17.5. The number of rotatable bonds is 3. The number of aryl methyl sites for hydroxylation is 1. The molecule has 7 nitrogen and oxygen atoms in total. The van der Waals surface area contributed by atoms with Crippen molar-refractivity contribution < 1.29 is 4.39 Å². The van der Waals surface area contributed by atoms with Gasteiger partial charge in [0.25, 0.3) is 0 Å². The average Bonchev–Trinajstić information content (AvgIpc) is 3.14. The second-order valence-electron chi connectivity index (χ2n) is 6.40. The Morgan fingerprint density at radius 1 is 1.18 bits per heavy atom. The van der Waals surface area contributed by atoms with Crippen LogP contribution in [0, 0.1) is 11.2 Å². The predicted molar refractivity (Wildman–Crippen MR) is 104 cm³/mol. The molecule has 0 bridgehead atoms.